The molecule has 108 valence electrons. The molecule has 4 heteroatoms. The molecule has 0 bridgehead atoms. The average molecular weight is 267 g/mol. The third-order valence-corrected chi connectivity index (χ3v) is 3.38. The Bertz CT molecular complexity index is 408. The van der Waals surface area contributed by atoms with Crippen LogP contribution >= 0.6 is 0 Å². The van der Waals surface area contributed by atoms with Gasteiger partial charge in [-0.3, -0.25) is 9.79 Å². The van der Waals surface area contributed by atoms with Crippen LogP contribution in [0.1, 0.15) is 53.4 Å². The summed E-state index contributed by atoms with van der Waals surface area (Å²) in [4.78, 5) is 16.3. The minimum atomic E-state index is -0.474. The van der Waals surface area contributed by atoms with E-state index in [2.05, 4.69) is 4.99 Å². The van der Waals surface area contributed by atoms with Gasteiger partial charge in [-0.05, 0) is 18.8 Å². The number of rotatable bonds is 5. The topological polar surface area (TPSA) is 69.9 Å². The van der Waals surface area contributed by atoms with E-state index in [1.165, 1.54) is 0 Å². The van der Waals surface area contributed by atoms with Crippen LogP contribution < -0.4 is 0 Å². The average Bonchev–Trinajstić information content (AvgIpc) is 2.23. The first-order valence-corrected chi connectivity index (χ1v) is 6.91. The Morgan fingerprint density at radius 2 is 2.05 bits per heavy atom. The van der Waals surface area contributed by atoms with E-state index in [4.69, 9.17) is 0 Å². The summed E-state index contributed by atoms with van der Waals surface area (Å²) >= 11 is 0. The Morgan fingerprint density at radius 1 is 1.42 bits per heavy atom. The van der Waals surface area contributed by atoms with Crippen LogP contribution in [0.2, 0.25) is 0 Å². The molecule has 1 unspecified atom stereocenters. The highest BCUT2D eigenvalue weighted by atomic mass is 16.3. The van der Waals surface area contributed by atoms with Crippen molar-refractivity contribution in [3.8, 4) is 0 Å². The molecule has 0 spiro atoms. The SMILES string of the molecule is CCCC(O)CN=C(C)C1=C(O)CC(C)(C)CC1=O. The molecule has 1 atom stereocenters. The lowest BCUT2D eigenvalue weighted by Crippen LogP contribution is -2.28. The molecule has 0 saturated carbocycles. The van der Waals surface area contributed by atoms with E-state index in [-0.39, 0.29) is 23.5 Å². The van der Waals surface area contributed by atoms with Crippen molar-refractivity contribution in [3.05, 3.63) is 11.3 Å². The van der Waals surface area contributed by atoms with Crippen LogP contribution in [0, 0.1) is 5.41 Å². The maximum atomic E-state index is 12.1. The molecule has 2 N–H and O–H groups in total. The van der Waals surface area contributed by atoms with E-state index < -0.39 is 6.10 Å². The van der Waals surface area contributed by atoms with Gasteiger partial charge in [-0.1, -0.05) is 27.2 Å². The zero-order valence-electron chi connectivity index (χ0n) is 12.4. The van der Waals surface area contributed by atoms with Gasteiger partial charge < -0.3 is 10.2 Å². The van der Waals surface area contributed by atoms with E-state index in [1.54, 1.807) is 6.92 Å². The fraction of sp³-hybridized carbons (Fsp3) is 0.733. The van der Waals surface area contributed by atoms with Gasteiger partial charge in [-0.15, -0.1) is 0 Å². The number of Topliss-reactive ketones (excluding diaryl/α,β-unsaturated/α-hetero) is 1. The highest BCUT2D eigenvalue weighted by molar-refractivity contribution is 6.22. The summed E-state index contributed by atoms with van der Waals surface area (Å²) in [5.41, 5.74) is 0.698. The summed E-state index contributed by atoms with van der Waals surface area (Å²) in [7, 11) is 0. The lowest BCUT2D eigenvalue weighted by Gasteiger charge is -2.29. The highest BCUT2D eigenvalue weighted by Crippen LogP contribution is 2.36. The van der Waals surface area contributed by atoms with Crippen LogP contribution in [0.3, 0.4) is 0 Å². The van der Waals surface area contributed by atoms with Crippen molar-refractivity contribution < 1.29 is 15.0 Å². The third-order valence-electron chi connectivity index (χ3n) is 3.38. The van der Waals surface area contributed by atoms with Crippen LogP contribution in [0.15, 0.2) is 16.3 Å². The number of ketones is 1. The van der Waals surface area contributed by atoms with Crippen LogP contribution in [0.25, 0.3) is 0 Å². The molecule has 1 rings (SSSR count). The normalized spacial score (nSPS) is 21.7. The van der Waals surface area contributed by atoms with Gasteiger partial charge >= 0.3 is 0 Å². The molecular weight excluding hydrogens is 242 g/mol. The number of hydrogen-bond acceptors (Lipinski definition) is 4. The molecule has 0 aliphatic heterocycles. The van der Waals surface area contributed by atoms with E-state index >= 15 is 0 Å². The molecule has 0 amide bonds. The van der Waals surface area contributed by atoms with E-state index in [0.717, 1.165) is 6.42 Å². The second-order valence-electron chi connectivity index (χ2n) is 6.13. The predicted octanol–water partition coefficient (Wildman–Crippen LogP) is 2.81. The molecule has 19 heavy (non-hydrogen) atoms. The van der Waals surface area contributed by atoms with Gasteiger partial charge in [0.05, 0.1) is 18.2 Å². The Labute approximate surface area is 115 Å². The van der Waals surface area contributed by atoms with Crippen molar-refractivity contribution in [1.82, 2.24) is 0 Å². The fourth-order valence-electron chi connectivity index (χ4n) is 2.44. The van der Waals surface area contributed by atoms with E-state index in [0.29, 0.717) is 30.5 Å². The van der Waals surface area contributed by atoms with Crippen LogP contribution in [0.5, 0.6) is 0 Å². The lowest BCUT2D eigenvalue weighted by atomic mass is 9.76. The summed E-state index contributed by atoms with van der Waals surface area (Å²) in [5, 5.41) is 19.7. The Balaban J connectivity index is 2.83. The summed E-state index contributed by atoms with van der Waals surface area (Å²) in [6.45, 7) is 7.94. The first-order valence-electron chi connectivity index (χ1n) is 6.91. The number of hydrogen-bond donors (Lipinski definition) is 2. The van der Waals surface area contributed by atoms with Crippen molar-refractivity contribution in [2.75, 3.05) is 6.54 Å². The predicted molar refractivity (Wildman–Crippen MR) is 76.6 cm³/mol. The quantitative estimate of drug-likeness (QED) is 0.752. The first-order chi connectivity index (χ1) is 8.76. The van der Waals surface area contributed by atoms with Crippen LogP contribution in [-0.4, -0.2) is 34.4 Å². The smallest absolute Gasteiger partial charge is 0.168 e. The Morgan fingerprint density at radius 3 is 2.58 bits per heavy atom. The molecule has 0 aromatic rings. The van der Waals surface area contributed by atoms with Gasteiger partial charge in [0.2, 0.25) is 0 Å². The van der Waals surface area contributed by atoms with Gasteiger partial charge in [0.25, 0.3) is 0 Å². The van der Waals surface area contributed by atoms with Crippen molar-refractivity contribution in [2.24, 2.45) is 10.4 Å². The monoisotopic (exact) mass is 267 g/mol. The number of aliphatic imine (C=N–C) groups is 1. The van der Waals surface area contributed by atoms with Crippen molar-refractivity contribution in [2.45, 2.75) is 59.5 Å². The van der Waals surface area contributed by atoms with Gasteiger partial charge in [0.1, 0.15) is 5.76 Å². The van der Waals surface area contributed by atoms with Gasteiger partial charge in [-0.2, -0.15) is 0 Å². The minimum absolute atomic E-state index is 0.0556. The number of nitrogens with zero attached hydrogens (tertiary/aromatic N) is 1. The summed E-state index contributed by atoms with van der Waals surface area (Å²) < 4.78 is 0. The standard InChI is InChI=1S/C15H25NO3/c1-5-6-11(17)9-16-10(2)14-12(18)7-15(3,4)8-13(14)19/h11,17-18H,5-9H2,1-4H3. The second kappa shape index (κ2) is 6.33. The zero-order chi connectivity index (χ0) is 14.6. The molecule has 1 aliphatic carbocycles. The van der Waals surface area contributed by atoms with Gasteiger partial charge in [-0.25, -0.2) is 0 Å². The van der Waals surface area contributed by atoms with Crippen molar-refractivity contribution >= 4 is 11.5 Å². The Hall–Kier alpha value is -1.16. The van der Waals surface area contributed by atoms with Crippen molar-refractivity contribution in [1.29, 1.82) is 0 Å². The largest absolute Gasteiger partial charge is 0.511 e. The van der Waals surface area contributed by atoms with E-state index in [9.17, 15) is 15.0 Å². The molecule has 0 saturated heterocycles. The lowest BCUT2D eigenvalue weighted by molar-refractivity contribution is -0.117. The number of allylic oxidation sites excluding steroid dienone is 2. The molecule has 0 fully saturated rings. The fourth-order valence-corrected chi connectivity index (χ4v) is 2.44. The zero-order valence-corrected chi connectivity index (χ0v) is 12.4. The van der Waals surface area contributed by atoms with Gasteiger partial charge in [0.15, 0.2) is 5.78 Å². The number of carbonyl (C=O) groups excluding carboxylic acids is 1. The summed E-state index contributed by atoms with van der Waals surface area (Å²) in [5.74, 6) is 0.0764. The maximum absolute atomic E-state index is 12.1. The molecule has 0 radical (unpaired) electrons. The van der Waals surface area contributed by atoms with Gasteiger partial charge in [0, 0.05) is 18.6 Å². The molecule has 1 aliphatic rings. The molecule has 0 heterocycles. The first kappa shape index (κ1) is 15.9. The summed E-state index contributed by atoms with van der Waals surface area (Å²) in [6, 6.07) is 0. The third kappa shape index (κ3) is 4.46. The Kier molecular flexibility index (Phi) is 5.29. The maximum Gasteiger partial charge on any atom is 0.168 e. The molecule has 0 aromatic carbocycles. The van der Waals surface area contributed by atoms with Crippen molar-refractivity contribution in [3.63, 3.8) is 0 Å². The van der Waals surface area contributed by atoms with Crippen LogP contribution in [-0.2, 0) is 4.79 Å². The minimum Gasteiger partial charge on any atom is -0.511 e. The van der Waals surface area contributed by atoms with E-state index in [1.807, 2.05) is 20.8 Å². The molecule has 0 aromatic heterocycles. The number of carbonyl (C=O) groups is 1. The molecule has 4 nitrogen and oxygen atoms in total. The molecular formula is C15H25NO3. The number of aliphatic hydroxyl groups excluding tert-OH is 2. The number of aliphatic hydroxyl groups is 2. The summed E-state index contributed by atoms with van der Waals surface area (Å²) in [6.07, 6.45) is 2.05. The highest BCUT2D eigenvalue weighted by Gasteiger charge is 2.33. The second-order valence-corrected chi connectivity index (χ2v) is 6.13. The van der Waals surface area contributed by atoms with Crippen LogP contribution in [0.4, 0.5) is 0 Å².